The summed E-state index contributed by atoms with van der Waals surface area (Å²) in [4.78, 5) is 4.46. The van der Waals surface area contributed by atoms with E-state index < -0.39 is 0 Å². The Balaban J connectivity index is 2.13. The number of aryl methyl sites for hydroxylation is 1. The lowest BCUT2D eigenvalue weighted by Gasteiger charge is -2.19. The summed E-state index contributed by atoms with van der Waals surface area (Å²) in [6.45, 7) is 7.58. The van der Waals surface area contributed by atoms with Gasteiger partial charge in [0.1, 0.15) is 5.82 Å². The van der Waals surface area contributed by atoms with Gasteiger partial charge < -0.3 is 9.88 Å². The van der Waals surface area contributed by atoms with Crippen LogP contribution >= 0.6 is 0 Å². The number of imidazole rings is 1. The number of nitrogens with zero attached hydrogens (tertiary/aromatic N) is 2. The minimum Gasteiger partial charge on any atom is -0.333 e. The topological polar surface area (TPSA) is 29.9 Å². The fraction of sp³-hybridized carbons (Fsp3) is 0.500. The van der Waals surface area contributed by atoms with Crippen LogP contribution in [0.25, 0.3) is 0 Å². The Labute approximate surface area is 128 Å². The summed E-state index contributed by atoms with van der Waals surface area (Å²) in [6, 6.07) is 9.28. The Hall–Kier alpha value is -1.61. The molecule has 1 heterocycles. The van der Waals surface area contributed by atoms with Crippen molar-refractivity contribution in [1.29, 1.82) is 0 Å². The highest BCUT2D eigenvalue weighted by Gasteiger charge is 2.12. The van der Waals surface area contributed by atoms with Crippen molar-refractivity contribution in [2.24, 2.45) is 0 Å². The van der Waals surface area contributed by atoms with Crippen molar-refractivity contribution in [3.63, 3.8) is 0 Å². The molecule has 0 fully saturated rings. The van der Waals surface area contributed by atoms with E-state index in [0.29, 0.717) is 12.0 Å². The summed E-state index contributed by atoms with van der Waals surface area (Å²) >= 11 is 0. The van der Waals surface area contributed by atoms with Crippen molar-refractivity contribution in [3.8, 4) is 0 Å². The Kier molecular flexibility index (Phi) is 5.57. The molecule has 114 valence electrons. The molecule has 2 rings (SSSR count). The number of aromatic nitrogens is 2. The van der Waals surface area contributed by atoms with Gasteiger partial charge in [-0.25, -0.2) is 4.98 Å². The molecule has 0 radical (unpaired) electrons. The van der Waals surface area contributed by atoms with Gasteiger partial charge in [-0.3, -0.25) is 0 Å². The van der Waals surface area contributed by atoms with Crippen LogP contribution < -0.4 is 5.32 Å². The third kappa shape index (κ3) is 3.94. The van der Waals surface area contributed by atoms with E-state index >= 15 is 0 Å². The molecule has 1 unspecified atom stereocenters. The molecule has 2 aromatic rings. The van der Waals surface area contributed by atoms with Crippen molar-refractivity contribution in [2.75, 3.05) is 7.05 Å². The van der Waals surface area contributed by atoms with Crippen LogP contribution in [0.4, 0.5) is 0 Å². The van der Waals surface area contributed by atoms with Crippen LogP contribution in [-0.2, 0) is 13.0 Å². The van der Waals surface area contributed by atoms with E-state index in [1.807, 2.05) is 13.2 Å². The van der Waals surface area contributed by atoms with Gasteiger partial charge in [0, 0.05) is 31.4 Å². The molecular weight excluding hydrogens is 258 g/mol. The molecule has 1 atom stereocenters. The smallest absolute Gasteiger partial charge is 0.108 e. The van der Waals surface area contributed by atoms with E-state index in [4.69, 9.17) is 0 Å². The highest BCUT2D eigenvalue weighted by atomic mass is 15.1. The number of nitrogens with one attached hydrogen (secondary N) is 1. The van der Waals surface area contributed by atoms with Gasteiger partial charge in [-0.2, -0.15) is 0 Å². The van der Waals surface area contributed by atoms with E-state index in [2.05, 4.69) is 66.1 Å². The van der Waals surface area contributed by atoms with E-state index in [9.17, 15) is 0 Å². The number of likely N-dealkylation sites (N-methyl/N-ethyl adjacent to an activating group) is 1. The molecule has 0 aliphatic rings. The van der Waals surface area contributed by atoms with Crippen LogP contribution in [-0.4, -0.2) is 16.6 Å². The van der Waals surface area contributed by atoms with Crippen LogP contribution in [0.5, 0.6) is 0 Å². The largest absolute Gasteiger partial charge is 0.333 e. The highest BCUT2D eigenvalue weighted by molar-refractivity contribution is 5.27. The SMILES string of the molecule is CCCc1nccn1CC(NC)c1ccc(C(C)C)cc1. The summed E-state index contributed by atoms with van der Waals surface area (Å²) in [5, 5.41) is 3.43. The summed E-state index contributed by atoms with van der Waals surface area (Å²) in [6.07, 6.45) is 6.15. The Morgan fingerprint density at radius 1 is 1.14 bits per heavy atom. The average molecular weight is 285 g/mol. The van der Waals surface area contributed by atoms with Crippen molar-refractivity contribution in [1.82, 2.24) is 14.9 Å². The van der Waals surface area contributed by atoms with Crippen LogP contribution in [0.15, 0.2) is 36.7 Å². The van der Waals surface area contributed by atoms with Gasteiger partial charge in [-0.1, -0.05) is 45.0 Å². The predicted molar refractivity (Wildman–Crippen MR) is 88.6 cm³/mol. The van der Waals surface area contributed by atoms with Gasteiger partial charge in [0.25, 0.3) is 0 Å². The fourth-order valence-corrected chi connectivity index (χ4v) is 2.63. The van der Waals surface area contributed by atoms with Gasteiger partial charge >= 0.3 is 0 Å². The first-order chi connectivity index (χ1) is 10.2. The van der Waals surface area contributed by atoms with Crippen molar-refractivity contribution < 1.29 is 0 Å². The molecule has 0 aliphatic heterocycles. The second kappa shape index (κ2) is 7.41. The minimum absolute atomic E-state index is 0.316. The van der Waals surface area contributed by atoms with Gasteiger partial charge in [0.15, 0.2) is 0 Å². The molecule has 21 heavy (non-hydrogen) atoms. The molecule has 1 N–H and O–H groups in total. The molecular formula is C18H27N3. The molecule has 0 saturated carbocycles. The number of hydrogen-bond acceptors (Lipinski definition) is 2. The van der Waals surface area contributed by atoms with Gasteiger partial charge in [-0.15, -0.1) is 0 Å². The fourth-order valence-electron chi connectivity index (χ4n) is 2.63. The Morgan fingerprint density at radius 2 is 1.81 bits per heavy atom. The summed E-state index contributed by atoms with van der Waals surface area (Å²) in [5.74, 6) is 1.76. The molecule has 0 spiro atoms. The Morgan fingerprint density at radius 3 is 2.38 bits per heavy atom. The van der Waals surface area contributed by atoms with E-state index in [-0.39, 0.29) is 0 Å². The average Bonchev–Trinajstić information content (AvgIpc) is 2.92. The van der Waals surface area contributed by atoms with Crippen molar-refractivity contribution >= 4 is 0 Å². The zero-order valence-corrected chi connectivity index (χ0v) is 13.6. The molecule has 1 aromatic heterocycles. The van der Waals surface area contributed by atoms with Crippen LogP contribution in [0, 0.1) is 0 Å². The molecule has 0 bridgehead atoms. The lowest BCUT2D eigenvalue weighted by atomic mass is 9.99. The highest BCUT2D eigenvalue weighted by Crippen LogP contribution is 2.20. The predicted octanol–water partition coefficient (Wildman–Crippen LogP) is 3.92. The third-order valence-electron chi connectivity index (χ3n) is 4.01. The maximum atomic E-state index is 4.46. The molecule has 0 amide bonds. The standard InChI is InChI=1S/C18H27N3/c1-5-6-18-20-11-12-21(18)13-17(19-4)16-9-7-15(8-10-16)14(2)3/h7-12,14,17,19H,5-6,13H2,1-4H3. The van der Waals surface area contributed by atoms with E-state index in [1.165, 1.54) is 17.0 Å². The normalized spacial score (nSPS) is 12.8. The van der Waals surface area contributed by atoms with Crippen molar-refractivity contribution in [2.45, 2.75) is 52.1 Å². The lowest BCUT2D eigenvalue weighted by Crippen LogP contribution is -2.22. The zero-order valence-electron chi connectivity index (χ0n) is 13.6. The van der Waals surface area contributed by atoms with Crippen molar-refractivity contribution in [3.05, 3.63) is 53.6 Å². The molecule has 0 saturated heterocycles. The maximum Gasteiger partial charge on any atom is 0.108 e. The quantitative estimate of drug-likeness (QED) is 0.835. The first-order valence-electron chi connectivity index (χ1n) is 7.92. The lowest BCUT2D eigenvalue weighted by molar-refractivity contribution is 0.487. The van der Waals surface area contributed by atoms with E-state index in [0.717, 1.165) is 19.4 Å². The third-order valence-corrected chi connectivity index (χ3v) is 4.01. The summed E-state index contributed by atoms with van der Waals surface area (Å²) < 4.78 is 2.26. The van der Waals surface area contributed by atoms with E-state index in [1.54, 1.807) is 0 Å². The summed E-state index contributed by atoms with van der Waals surface area (Å²) in [7, 11) is 2.03. The number of hydrogen-bond donors (Lipinski definition) is 1. The minimum atomic E-state index is 0.316. The van der Waals surface area contributed by atoms with Crippen LogP contribution in [0.3, 0.4) is 0 Å². The first kappa shape index (κ1) is 15.8. The maximum absolute atomic E-state index is 4.46. The second-order valence-corrected chi connectivity index (χ2v) is 5.91. The first-order valence-corrected chi connectivity index (χ1v) is 7.92. The Bertz CT molecular complexity index is 540. The number of benzene rings is 1. The molecule has 0 aliphatic carbocycles. The monoisotopic (exact) mass is 285 g/mol. The molecule has 1 aromatic carbocycles. The van der Waals surface area contributed by atoms with Gasteiger partial charge in [-0.05, 0) is 30.5 Å². The number of rotatable bonds is 7. The van der Waals surface area contributed by atoms with Crippen LogP contribution in [0.2, 0.25) is 0 Å². The molecule has 3 nitrogen and oxygen atoms in total. The van der Waals surface area contributed by atoms with Gasteiger partial charge in [0.2, 0.25) is 0 Å². The van der Waals surface area contributed by atoms with Crippen LogP contribution in [0.1, 0.15) is 56.1 Å². The second-order valence-electron chi connectivity index (χ2n) is 5.91. The zero-order chi connectivity index (χ0) is 15.2. The molecule has 3 heteroatoms. The summed E-state index contributed by atoms with van der Waals surface area (Å²) in [5.41, 5.74) is 2.72. The van der Waals surface area contributed by atoms with Gasteiger partial charge in [0.05, 0.1) is 0 Å².